The topological polar surface area (TPSA) is 43.5 Å². The van der Waals surface area contributed by atoms with Crippen molar-refractivity contribution in [1.82, 2.24) is 0 Å². The number of epoxide rings is 2. The first kappa shape index (κ1) is 18.3. The van der Waals surface area contributed by atoms with E-state index in [1.54, 1.807) is 0 Å². The Hall–Kier alpha value is -1.10. The van der Waals surface area contributed by atoms with Crippen LogP contribution >= 0.6 is 0 Å². The van der Waals surface area contributed by atoms with Crippen molar-refractivity contribution < 1.29 is 18.9 Å². The van der Waals surface area contributed by atoms with Crippen molar-refractivity contribution in [2.45, 2.75) is 64.8 Å². The van der Waals surface area contributed by atoms with Gasteiger partial charge in [-0.15, -0.1) is 0 Å². The maximum absolute atomic E-state index is 6.34. The normalized spacial score (nSPS) is 34.3. The Balaban J connectivity index is 1.42. The molecule has 4 nitrogen and oxygen atoms in total. The van der Waals surface area contributed by atoms with Crippen LogP contribution in [0.25, 0.3) is 0 Å². The minimum atomic E-state index is 0.139. The van der Waals surface area contributed by atoms with E-state index in [0.29, 0.717) is 24.7 Å². The van der Waals surface area contributed by atoms with Crippen LogP contribution in [0.15, 0.2) is 24.3 Å². The van der Waals surface area contributed by atoms with Crippen LogP contribution in [-0.4, -0.2) is 44.7 Å². The highest BCUT2D eigenvalue weighted by atomic mass is 16.6. The largest absolute Gasteiger partial charge is 0.491 e. The Labute approximate surface area is 157 Å². The molecule has 2 atom stereocenters. The highest BCUT2D eigenvalue weighted by Gasteiger charge is 2.49. The third-order valence-corrected chi connectivity index (χ3v) is 6.01. The Kier molecular flexibility index (Phi) is 4.79. The van der Waals surface area contributed by atoms with Crippen molar-refractivity contribution in [1.29, 1.82) is 0 Å². The van der Waals surface area contributed by atoms with Gasteiger partial charge in [0.15, 0.2) is 0 Å². The summed E-state index contributed by atoms with van der Waals surface area (Å²) in [5, 5.41) is 0. The fourth-order valence-electron chi connectivity index (χ4n) is 4.86. The van der Waals surface area contributed by atoms with E-state index < -0.39 is 0 Å². The molecule has 0 radical (unpaired) electrons. The van der Waals surface area contributed by atoms with Crippen LogP contribution in [0.1, 0.15) is 52.0 Å². The Bertz CT molecular complexity index is 596. The average molecular weight is 360 g/mol. The smallest absolute Gasteiger partial charge is 0.119 e. The van der Waals surface area contributed by atoms with Gasteiger partial charge in [0, 0.05) is 0 Å². The van der Waals surface area contributed by atoms with Crippen molar-refractivity contribution in [2.24, 2.45) is 10.8 Å². The molecule has 0 N–H and O–H groups in total. The summed E-state index contributed by atoms with van der Waals surface area (Å²) in [6.45, 7) is 12.5. The molecule has 0 spiro atoms. The van der Waals surface area contributed by atoms with Crippen molar-refractivity contribution in [3.05, 3.63) is 29.8 Å². The van der Waals surface area contributed by atoms with Gasteiger partial charge in [0.1, 0.15) is 24.6 Å². The van der Waals surface area contributed by atoms with Gasteiger partial charge in [0.05, 0.1) is 25.9 Å². The number of ether oxygens (including phenoxy) is 4. The predicted octanol–water partition coefficient (Wildman–Crippen LogP) is 4.18. The third-order valence-electron chi connectivity index (χ3n) is 6.01. The molecule has 144 valence electrons. The van der Waals surface area contributed by atoms with Crippen molar-refractivity contribution in [2.75, 3.05) is 26.4 Å². The van der Waals surface area contributed by atoms with Crippen LogP contribution < -0.4 is 4.74 Å². The first-order valence-electron chi connectivity index (χ1n) is 9.91. The Morgan fingerprint density at radius 3 is 1.96 bits per heavy atom. The lowest BCUT2D eigenvalue weighted by Gasteiger charge is -2.51. The molecule has 4 heteroatoms. The van der Waals surface area contributed by atoms with Gasteiger partial charge in [0.2, 0.25) is 0 Å². The molecule has 26 heavy (non-hydrogen) atoms. The third kappa shape index (κ3) is 4.24. The lowest BCUT2D eigenvalue weighted by Crippen LogP contribution is -2.49. The summed E-state index contributed by atoms with van der Waals surface area (Å²) in [7, 11) is 0. The minimum Gasteiger partial charge on any atom is -0.491 e. The molecule has 1 saturated carbocycles. The average Bonchev–Trinajstić information content (AvgIpc) is 3.45. The molecule has 2 unspecified atom stereocenters. The summed E-state index contributed by atoms with van der Waals surface area (Å²) < 4.78 is 22.6. The summed E-state index contributed by atoms with van der Waals surface area (Å²) in [4.78, 5) is 0. The zero-order valence-electron chi connectivity index (χ0n) is 16.5. The van der Waals surface area contributed by atoms with E-state index in [1.165, 1.54) is 5.56 Å². The molecule has 1 aliphatic carbocycles. The van der Waals surface area contributed by atoms with Crippen LogP contribution in [0.3, 0.4) is 0 Å². The van der Waals surface area contributed by atoms with Crippen molar-refractivity contribution in [3.63, 3.8) is 0 Å². The van der Waals surface area contributed by atoms with Crippen LogP contribution in [0.2, 0.25) is 0 Å². The van der Waals surface area contributed by atoms with E-state index in [1.807, 2.05) is 0 Å². The van der Waals surface area contributed by atoms with Crippen molar-refractivity contribution >= 4 is 0 Å². The summed E-state index contributed by atoms with van der Waals surface area (Å²) in [6.07, 6.45) is 3.17. The van der Waals surface area contributed by atoms with Gasteiger partial charge in [-0.05, 0) is 47.3 Å². The summed E-state index contributed by atoms with van der Waals surface area (Å²) in [5.74, 6) is 1.49. The van der Waals surface area contributed by atoms with E-state index in [9.17, 15) is 0 Å². The van der Waals surface area contributed by atoms with E-state index in [4.69, 9.17) is 18.9 Å². The highest BCUT2D eigenvalue weighted by molar-refractivity contribution is 5.30. The van der Waals surface area contributed by atoms with E-state index >= 15 is 0 Å². The van der Waals surface area contributed by atoms with Gasteiger partial charge in [-0.1, -0.05) is 39.8 Å². The van der Waals surface area contributed by atoms with Gasteiger partial charge in [0.25, 0.3) is 0 Å². The first-order chi connectivity index (χ1) is 12.3. The fourth-order valence-corrected chi connectivity index (χ4v) is 4.86. The zero-order valence-corrected chi connectivity index (χ0v) is 16.5. The Morgan fingerprint density at radius 2 is 1.42 bits per heavy atom. The van der Waals surface area contributed by atoms with E-state index in [-0.39, 0.29) is 16.9 Å². The van der Waals surface area contributed by atoms with Gasteiger partial charge in [-0.25, -0.2) is 0 Å². The van der Waals surface area contributed by atoms with Gasteiger partial charge in [-0.2, -0.15) is 0 Å². The Morgan fingerprint density at radius 1 is 0.885 bits per heavy atom. The minimum absolute atomic E-state index is 0.139. The molecule has 0 bridgehead atoms. The number of rotatable bonds is 7. The molecule has 2 aliphatic heterocycles. The lowest BCUT2D eigenvalue weighted by molar-refractivity contribution is -0.128. The molecule has 1 aromatic rings. The summed E-state index contributed by atoms with van der Waals surface area (Å²) in [5.41, 5.74) is 1.68. The molecule has 2 heterocycles. The quantitative estimate of drug-likeness (QED) is 0.684. The van der Waals surface area contributed by atoms with Crippen LogP contribution in [0.5, 0.6) is 5.75 Å². The second-order valence-electron chi connectivity index (χ2n) is 9.59. The molecule has 3 fully saturated rings. The second-order valence-corrected chi connectivity index (χ2v) is 9.59. The summed E-state index contributed by atoms with van der Waals surface area (Å²) in [6, 6.07) is 8.67. The molecule has 2 saturated heterocycles. The monoisotopic (exact) mass is 360 g/mol. The summed E-state index contributed by atoms with van der Waals surface area (Å²) >= 11 is 0. The molecular weight excluding hydrogens is 328 g/mol. The molecule has 0 amide bonds. The second kappa shape index (κ2) is 6.81. The van der Waals surface area contributed by atoms with Crippen LogP contribution in [0.4, 0.5) is 0 Å². The molecule has 4 rings (SSSR count). The standard InChI is InChI=1S/C22H32O4/c1-21(2)9-16(10-22(3,4)20(21)26-14-19-13-25-19)15-5-7-17(8-6-15)23-11-18-12-24-18/h5-8,16,18-20H,9-14H2,1-4H3. The highest BCUT2D eigenvalue weighted by Crippen LogP contribution is 2.53. The molecule has 0 aromatic heterocycles. The van der Waals surface area contributed by atoms with Crippen molar-refractivity contribution in [3.8, 4) is 5.75 Å². The molecule has 1 aromatic carbocycles. The van der Waals surface area contributed by atoms with E-state index in [2.05, 4.69) is 52.0 Å². The van der Waals surface area contributed by atoms with E-state index in [0.717, 1.165) is 38.4 Å². The molecule has 3 aliphatic rings. The van der Waals surface area contributed by atoms with Gasteiger partial charge < -0.3 is 18.9 Å². The predicted molar refractivity (Wildman–Crippen MR) is 101 cm³/mol. The fraction of sp³-hybridized carbons (Fsp3) is 0.727. The van der Waals surface area contributed by atoms with Gasteiger partial charge >= 0.3 is 0 Å². The zero-order chi connectivity index (χ0) is 18.4. The van der Waals surface area contributed by atoms with Crippen LogP contribution in [0, 0.1) is 10.8 Å². The maximum atomic E-state index is 6.34. The number of hydrogen-bond donors (Lipinski definition) is 0. The van der Waals surface area contributed by atoms with Crippen LogP contribution in [-0.2, 0) is 14.2 Å². The number of hydrogen-bond acceptors (Lipinski definition) is 4. The molecular formula is C22H32O4. The lowest BCUT2D eigenvalue weighted by atomic mass is 9.58. The first-order valence-corrected chi connectivity index (χ1v) is 9.91. The van der Waals surface area contributed by atoms with Gasteiger partial charge in [-0.3, -0.25) is 0 Å². The maximum Gasteiger partial charge on any atom is 0.119 e. The number of benzene rings is 1. The SMILES string of the molecule is CC1(C)CC(c2ccc(OCC3CO3)cc2)CC(C)(C)C1OCC1CO1.